The van der Waals surface area contributed by atoms with E-state index < -0.39 is 0 Å². The van der Waals surface area contributed by atoms with E-state index in [0.717, 1.165) is 29.7 Å². The van der Waals surface area contributed by atoms with Crippen LogP contribution in [0.5, 0.6) is 0 Å². The maximum atomic E-state index is 4.24. The number of hydrogen-bond acceptors (Lipinski definition) is 2. The molecule has 66 valence electrons. The lowest BCUT2D eigenvalue weighted by molar-refractivity contribution is 0.662. The lowest BCUT2D eigenvalue weighted by Gasteiger charge is -2.03. The number of nitrogens with one attached hydrogen (secondary N) is 1. The minimum absolute atomic E-state index is 0.843. The Morgan fingerprint density at radius 3 is 3.08 bits per heavy atom. The smallest absolute Gasteiger partial charge is 0.0683 e. The zero-order chi connectivity index (χ0) is 8.81. The van der Waals surface area contributed by atoms with Gasteiger partial charge >= 0.3 is 0 Å². The minimum Gasteiger partial charge on any atom is -0.311 e. The molecule has 12 heavy (non-hydrogen) atoms. The van der Waals surface area contributed by atoms with Crippen LogP contribution in [-0.4, -0.2) is 11.5 Å². The van der Waals surface area contributed by atoms with Gasteiger partial charge in [-0.05, 0) is 41.0 Å². The summed E-state index contributed by atoms with van der Waals surface area (Å²) in [5, 5.41) is 3.30. The third-order valence-corrected chi connectivity index (χ3v) is 2.28. The first-order chi connectivity index (χ1) is 5.84. The zero-order valence-corrected chi connectivity index (χ0v) is 8.76. The molecule has 1 heterocycles. The van der Waals surface area contributed by atoms with Gasteiger partial charge in [-0.1, -0.05) is 6.92 Å². The van der Waals surface area contributed by atoms with E-state index in [-0.39, 0.29) is 0 Å². The second-order valence-electron chi connectivity index (χ2n) is 2.61. The third-order valence-electron chi connectivity index (χ3n) is 1.55. The van der Waals surface area contributed by atoms with Crippen LogP contribution >= 0.6 is 15.9 Å². The van der Waals surface area contributed by atoms with Gasteiger partial charge in [0.2, 0.25) is 0 Å². The normalized spacial score (nSPS) is 10.2. The first-order valence-corrected chi connectivity index (χ1v) is 4.94. The summed E-state index contributed by atoms with van der Waals surface area (Å²) in [5.41, 5.74) is 1.07. The predicted octanol–water partition coefficient (Wildman–Crippen LogP) is 2.34. The Hall–Kier alpha value is -0.410. The number of halogens is 1. The molecule has 0 fully saturated rings. The molecule has 0 saturated carbocycles. The molecule has 0 saturated heterocycles. The average Bonchev–Trinajstić information content (AvgIpc) is 2.09. The van der Waals surface area contributed by atoms with Crippen molar-refractivity contribution in [3.63, 3.8) is 0 Å². The monoisotopic (exact) mass is 228 g/mol. The van der Waals surface area contributed by atoms with Crippen molar-refractivity contribution in [3.05, 3.63) is 28.5 Å². The Morgan fingerprint density at radius 1 is 1.58 bits per heavy atom. The molecule has 0 spiro atoms. The molecular formula is C9H13BrN2. The van der Waals surface area contributed by atoms with Crippen molar-refractivity contribution in [1.82, 2.24) is 10.3 Å². The number of rotatable bonds is 4. The third kappa shape index (κ3) is 2.91. The molecule has 0 radical (unpaired) electrons. The van der Waals surface area contributed by atoms with Gasteiger partial charge in [-0.3, -0.25) is 4.98 Å². The number of nitrogens with zero attached hydrogens (tertiary/aromatic N) is 1. The second-order valence-corrected chi connectivity index (χ2v) is 3.46. The Balaban J connectivity index is 2.46. The van der Waals surface area contributed by atoms with E-state index in [2.05, 4.69) is 33.2 Å². The zero-order valence-electron chi connectivity index (χ0n) is 7.18. The minimum atomic E-state index is 0.843. The van der Waals surface area contributed by atoms with Gasteiger partial charge < -0.3 is 5.32 Å². The summed E-state index contributed by atoms with van der Waals surface area (Å²) >= 11 is 3.45. The van der Waals surface area contributed by atoms with Crippen molar-refractivity contribution >= 4 is 15.9 Å². The fraction of sp³-hybridized carbons (Fsp3) is 0.444. The first-order valence-electron chi connectivity index (χ1n) is 4.14. The van der Waals surface area contributed by atoms with Gasteiger partial charge in [0.1, 0.15) is 0 Å². The highest BCUT2D eigenvalue weighted by Crippen LogP contribution is 2.12. The van der Waals surface area contributed by atoms with E-state index in [4.69, 9.17) is 0 Å². The quantitative estimate of drug-likeness (QED) is 0.801. The highest BCUT2D eigenvalue weighted by Gasteiger charge is 1.97. The molecule has 0 aliphatic rings. The van der Waals surface area contributed by atoms with E-state index in [1.165, 1.54) is 0 Å². The molecule has 1 aromatic heterocycles. The predicted molar refractivity (Wildman–Crippen MR) is 53.9 cm³/mol. The molecule has 1 aromatic rings. The maximum absolute atomic E-state index is 4.24. The van der Waals surface area contributed by atoms with E-state index in [1.54, 1.807) is 0 Å². The van der Waals surface area contributed by atoms with Crippen LogP contribution in [0.2, 0.25) is 0 Å². The van der Waals surface area contributed by atoms with Gasteiger partial charge in [-0.2, -0.15) is 0 Å². The lowest BCUT2D eigenvalue weighted by atomic mass is 10.3. The molecule has 0 bridgehead atoms. The van der Waals surface area contributed by atoms with Crippen molar-refractivity contribution in [3.8, 4) is 0 Å². The van der Waals surface area contributed by atoms with Crippen LogP contribution in [0.3, 0.4) is 0 Å². The SMILES string of the molecule is CCCNCc1ncccc1Br. The van der Waals surface area contributed by atoms with Crippen LogP contribution in [0.15, 0.2) is 22.8 Å². The highest BCUT2D eigenvalue weighted by atomic mass is 79.9. The molecule has 1 N–H and O–H groups in total. The van der Waals surface area contributed by atoms with Gasteiger partial charge in [0, 0.05) is 17.2 Å². The highest BCUT2D eigenvalue weighted by molar-refractivity contribution is 9.10. The van der Waals surface area contributed by atoms with Gasteiger partial charge in [0.25, 0.3) is 0 Å². The fourth-order valence-electron chi connectivity index (χ4n) is 0.932. The standard InChI is InChI=1S/C9H13BrN2/c1-2-5-11-7-9-8(10)4-3-6-12-9/h3-4,6,11H,2,5,7H2,1H3. The first kappa shape index (κ1) is 9.68. The van der Waals surface area contributed by atoms with Crippen LogP contribution in [0.1, 0.15) is 19.0 Å². The van der Waals surface area contributed by atoms with Gasteiger partial charge in [-0.15, -0.1) is 0 Å². The topological polar surface area (TPSA) is 24.9 Å². The Morgan fingerprint density at radius 2 is 2.42 bits per heavy atom. The van der Waals surface area contributed by atoms with E-state index >= 15 is 0 Å². The Kier molecular flexibility index (Phi) is 4.25. The van der Waals surface area contributed by atoms with Crippen molar-refractivity contribution in [2.24, 2.45) is 0 Å². The van der Waals surface area contributed by atoms with E-state index in [0.29, 0.717) is 0 Å². The van der Waals surface area contributed by atoms with Crippen LogP contribution in [0, 0.1) is 0 Å². The van der Waals surface area contributed by atoms with Gasteiger partial charge in [-0.25, -0.2) is 0 Å². The van der Waals surface area contributed by atoms with Crippen LogP contribution in [0.4, 0.5) is 0 Å². The molecule has 1 rings (SSSR count). The average molecular weight is 229 g/mol. The summed E-state index contributed by atoms with van der Waals surface area (Å²) in [7, 11) is 0. The molecule has 0 aromatic carbocycles. The van der Waals surface area contributed by atoms with Crippen molar-refractivity contribution in [2.45, 2.75) is 19.9 Å². The molecule has 3 heteroatoms. The number of hydrogen-bond donors (Lipinski definition) is 1. The van der Waals surface area contributed by atoms with Crippen molar-refractivity contribution in [2.75, 3.05) is 6.54 Å². The van der Waals surface area contributed by atoms with Crippen LogP contribution < -0.4 is 5.32 Å². The molecule has 0 amide bonds. The molecule has 0 aliphatic heterocycles. The summed E-state index contributed by atoms with van der Waals surface area (Å²) < 4.78 is 1.08. The number of pyridine rings is 1. The van der Waals surface area contributed by atoms with E-state index in [1.807, 2.05) is 18.3 Å². The molecular weight excluding hydrogens is 216 g/mol. The summed E-state index contributed by atoms with van der Waals surface area (Å²) in [4.78, 5) is 4.24. The van der Waals surface area contributed by atoms with Crippen molar-refractivity contribution < 1.29 is 0 Å². The van der Waals surface area contributed by atoms with Crippen LogP contribution in [-0.2, 0) is 6.54 Å². The Labute approximate surface area is 81.5 Å². The number of aromatic nitrogens is 1. The second kappa shape index (κ2) is 5.27. The van der Waals surface area contributed by atoms with Crippen molar-refractivity contribution in [1.29, 1.82) is 0 Å². The maximum Gasteiger partial charge on any atom is 0.0683 e. The summed E-state index contributed by atoms with van der Waals surface area (Å²) in [6.07, 6.45) is 2.97. The van der Waals surface area contributed by atoms with Gasteiger partial charge in [0.05, 0.1) is 5.69 Å². The summed E-state index contributed by atoms with van der Waals surface area (Å²) in [5.74, 6) is 0. The summed E-state index contributed by atoms with van der Waals surface area (Å²) in [6.45, 7) is 4.04. The molecule has 2 nitrogen and oxygen atoms in total. The summed E-state index contributed by atoms with van der Waals surface area (Å²) in [6, 6.07) is 3.93. The van der Waals surface area contributed by atoms with E-state index in [9.17, 15) is 0 Å². The molecule has 0 unspecified atom stereocenters. The van der Waals surface area contributed by atoms with Gasteiger partial charge in [0.15, 0.2) is 0 Å². The fourth-order valence-corrected chi connectivity index (χ4v) is 1.33. The van der Waals surface area contributed by atoms with Crippen LogP contribution in [0.25, 0.3) is 0 Å². The molecule has 0 atom stereocenters. The molecule has 0 aliphatic carbocycles. The lowest BCUT2D eigenvalue weighted by Crippen LogP contribution is -2.14. The largest absolute Gasteiger partial charge is 0.311 e. The Bertz CT molecular complexity index is 238.